The zero-order valence-corrected chi connectivity index (χ0v) is 21.3. The van der Waals surface area contributed by atoms with Crippen LogP contribution in [-0.4, -0.2) is 12.0 Å². The number of anilines is 4. The molecule has 0 amide bonds. The van der Waals surface area contributed by atoms with E-state index < -0.39 is 0 Å². The summed E-state index contributed by atoms with van der Waals surface area (Å²) in [5, 5.41) is 19.0. The molecule has 1 aromatic carbocycles. The van der Waals surface area contributed by atoms with Gasteiger partial charge in [-0.25, -0.2) is 9.55 Å². The highest BCUT2D eigenvalue weighted by molar-refractivity contribution is 6.76. The summed E-state index contributed by atoms with van der Waals surface area (Å²) in [4.78, 5) is 9.66. The molecule has 0 aliphatic carbocycles. The van der Waals surface area contributed by atoms with E-state index >= 15 is 0 Å². The maximum atomic E-state index is 9.79. The summed E-state index contributed by atoms with van der Waals surface area (Å²) in [7, 11) is 0. The third-order valence-electron chi connectivity index (χ3n) is 8.63. The first-order valence-corrected chi connectivity index (χ1v) is 12.3. The van der Waals surface area contributed by atoms with E-state index in [1.54, 1.807) is 6.20 Å². The molecule has 2 atom stereocenters. The molecule has 174 valence electrons. The van der Waals surface area contributed by atoms with Crippen LogP contribution < -0.4 is 14.2 Å². The van der Waals surface area contributed by atoms with Crippen LogP contribution in [-0.2, 0) is 5.54 Å². The highest BCUT2D eigenvalue weighted by Crippen LogP contribution is 2.61. The van der Waals surface area contributed by atoms with E-state index in [2.05, 4.69) is 85.2 Å². The number of nitriles is 2. The number of aryl methyl sites for hydroxylation is 2. The number of nitrogens with zero attached hydrogens (tertiary/aromatic N) is 6. The Labute approximate surface area is 208 Å². The fourth-order valence-electron chi connectivity index (χ4n) is 6.32. The smallest absolute Gasteiger partial charge is 0.324 e. The van der Waals surface area contributed by atoms with Gasteiger partial charge in [0.15, 0.2) is 0 Å². The predicted molar refractivity (Wildman–Crippen MR) is 139 cm³/mol. The minimum Gasteiger partial charge on any atom is -0.324 e. The van der Waals surface area contributed by atoms with Gasteiger partial charge in [0.1, 0.15) is 35.4 Å². The van der Waals surface area contributed by atoms with Gasteiger partial charge in [0, 0.05) is 11.8 Å². The number of pyridine rings is 2. The lowest BCUT2D eigenvalue weighted by atomic mass is 9.39. The van der Waals surface area contributed by atoms with Crippen LogP contribution in [0.5, 0.6) is 0 Å². The van der Waals surface area contributed by atoms with E-state index in [1.807, 2.05) is 25.3 Å². The molecule has 2 unspecified atom stereocenters. The van der Waals surface area contributed by atoms with Gasteiger partial charge >= 0.3 is 6.98 Å². The van der Waals surface area contributed by atoms with Crippen molar-refractivity contribution in [2.45, 2.75) is 65.2 Å². The fraction of sp³-hybridized carbons (Fsp3) is 0.357. The standard InChI is InChI=1S/C28H30BN6/c1-7-27(5)28(6,8-2)33-18-22(16-31)14-20(4)26(33)35-24-12-10-9-11-23(24)34(29(27)35)25-19(3)13-21(15-30)17-32-25/h9-14,17-18H,7-8H2,1-6H3/q+1. The molecule has 35 heavy (non-hydrogen) atoms. The van der Waals surface area contributed by atoms with Gasteiger partial charge in [-0.1, -0.05) is 32.9 Å². The van der Waals surface area contributed by atoms with Gasteiger partial charge < -0.3 is 4.81 Å². The normalized spacial score (nSPS) is 22.2. The van der Waals surface area contributed by atoms with Crippen LogP contribution in [0, 0.1) is 36.5 Å². The Morgan fingerprint density at radius 2 is 1.57 bits per heavy atom. The van der Waals surface area contributed by atoms with Crippen LogP contribution in [0.4, 0.5) is 23.0 Å². The topological polar surface area (TPSA) is 70.8 Å². The van der Waals surface area contributed by atoms with Crippen LogP contribution in [0.3, 0.4) is 0 Å². The molecule has 6 nitrogen and oxygen atoms in total. The largest absolute Gasteiger partial charge is 0.518 e. The van der Waals surface area contributed by atoms with Gasteiger partial charge in [-0.2, -0.15) is 10.5 Å². The third-order valence-corrected chi connectivity index (χ3v) is 8.63. The molecule has 0 N–H and O–H groups in total. The Morgan fingerprint density at radius 3 is 2.14 bits per heavy atom. The van der Waals surface area contributed by atoms with E-state index in [4.69, 9.17) is 4.98 Å². The molecule has 0 saturated heterocycles. The number of fused-ring (bicyclic) bond motifs is 5. The fourth-order valence-corrected chi connectivity index (χ4v) is 6.32. The van der Waals surface area contributed by atoms with E-state index in [1.165, 1.54) is 0 Å². The first-order chi connectivity index (χ1) is 16.7. The summed E-state index contributed by atoms with van der Waals surface area (Å²) in [5.41, 5.74) is 5.28. The Kier molecular flexibility index (Phi) is 5.14. The first kappa shape index (κ1) is 22.9. The molecular weight excluding hydrogens is 431 g/mol. The quantitative estimate of drug-likeness (QED) is 0.363. The van der Waals surface area contributed by atoms with Crippen molar-refractivity contribution in [2.75, 3.05) is 9.62 Å². The Morgan fingerprint density at radius 1 is 0.943 bits per heavy atom. The second kappa shape index (κ2) is 7.85. The molecule has 5 rings (SSSR count). The van der Waals surface area contributed by atoms with Crippen LogP contribution in [0.2, 0.25) is 5.31 Å². The van der Waals surface area contributed by atoms with Gasteiger partial charge in [0.05, 0.1) is 22.1 Å². The molecule has 0 radical (unpaired) electrons. The molecule has 0 saturated carbocycles. The molecular formula is C28H30BN6+. The van der Waals surface area contributed by atoms with Crippen molar-refractivity contribution in [1.29, 1.82) is 10.5 Å². The summed E-state index contributed by atoms with van der Waals surface area (Å²) >= 11 is 0. The summed E-state index contributed by atoms with van der Waals surface area (Å²) in [5.74, 6) is 1.99. The van der Waals surface area contributed by atoms with Crippen LogP contribution in [0.15, 0.2) is 48.8 Å². The number of hydrogen-bond acceptors (Lipinski definition) is 5. The predicted octanol–water partition coefficient (Wildman–Crippen LogP) is 5.82. The average molecular weight is 461 g/mol. The lowest BCUT2D eigenvalue weighted by Gasteiger charge is -2.51. The van der Waals surface area contributed by atoms with Crippen molar-refractivity contribution >= 4 is 30.0 Å². The van der Waals surface area contributed by atoms with Gasteiger partial charge in [0.25, 0.3) is 5.82 Å². The minimum atomic E-state index is -0.253. The molecule has 0 bridgehead atoms. The highest BCUT2D eigenvalue weighted by atomic mass is 15.4. The zero-order valence-electron chi connectivity index (χ0n) is 21.3. The van der Waals surface area contributed by atoms with Crippen LogP contribution in [0.25, 0.3) is 0 Å². The Hall–Kier alpha value is -3.84. The second-order valence-corrected chi connectivity index (χ2v) is 10.2. The summed E-state index contributed by atoms with van der Waals surface area (Å²) < 4.78 is 2.36. The number of rotatable bonds is 3. The highest BCUT2D eigenvalue weighted by Gasteiger charge is 2.71. The summed E-state index contributed by atoms with van der Waals surface area (Å²) in [6.45, 7) is 13.3. The number of hydrogen-bond donors (Lipinski definition) is 0. The average Bonchev–Trinajstić information content (AvgIpc) is 3.21. The van der Waals surface area contributed by atoms with Gasteiger partial charge in [-0.05, 0) is 63.4 Å². The van der Waals surface area contributed by atoms with Crippen molar-refractivity contribution in [3.8, 4) is 12.1 Å². The van der Waals surface area contributed by atoms with Crippen molar-refractivity contribution in [3.63, 3.8) is 0 Å². The zero-order chi connectivity index (χ0) is 25.1. The van der Waals surface area contributed by atoms with E-state index in [9.17, 15) is 10.5 Å². The molecule has 3 aromatic rings. The first-order valence-electron chi connectivity index (χ1n) is 12.3. The van der Waals surface area contributed by atoms with E-state index in [0.29, 0.717) is 11.1 Å². The van der Waals surface area contributed by atoms with Crippen molar-refractivity contribution in [1.82, 2.24) is 4.98 Å². The summed E-state index contributed by atoms with van der Waals surface area (Å²) in [6, 6.07) is 17.0. The Balaban J connectivity index is 1.89. The molecule has 0 fully saturated rings. The SMILES string of the molecule is CCC1(C)B2N(c3ncc(C#N)cc3C)c3ccccc3N2c2c(C)cc(C#N)c[n+]2C1(C)CC. The van der Waals surface area contributed by atoms with E-state index in [-0.39, 0.29) is 17.8 Å². The van der Waals surface area contributed by atoms with Gasteiger partial charge in [-0.3, -0.25) is 4.81 Å². The number of para-hydroxylation sites is 2. The lowest BCUT2D eigenvalue weighted by Crippen LogP contribution is -2.74. The number of aromatic nitrogens is 2. The molecule has 2 aliphatic rings. The maximum Gasteiger partial charge on any atom is 0.518 e. The lowest BCUT2D eigenvalue weighted by molar-refractivity contribution is -0.759. The molecule has 2 aromatic heterocycles. The monoisotopic (exact) mass is 461 g/mol. The Bertz CT molecular complexity index is 1440. The van der Waals surface area contributed by atoms with Crippen LogP contribution in [0.1, 0.15) is 62.8 Å². The van der Waals surface area contributed by atoms with Crippen molar-refractivity contribution in [2.24, 2.45) is 0 Å². The van der Waals surface area contributed by atoms with Crippen LogP contribution >= 0.6 is 0 Å². The summed E-state index contributed by atoms with van der Waals surface area (Å²) in [6.07, 6.45) is 5.55. The minimum absolute atomic E-state index is 0.0272. The maximum absolute atomic E-state index is 9.79. The van der Waals surface area contributed by atoms with Gasteiger partial charge in [-0.15, -0.1) is 0 Å². The third kappa shape index (κ3) is 2.88. The molecule has 0 spiro atoms. The van der Waals surface area contributed by atoms with Gasteiger partial charge in [0.2, 0.25) is 0 Å². The number of benzene rings is 1. The second-order valence-electron chi connectivity index (χ2n) is 10.2. The molecule has 7 heteroatoms. The molecule has 4 heterocycles. The molecule has 2 aliphatic heterocycles. The van der Waals surface area contributed by atoms with Crippen molar-refractivity contribution < 1.29 is 4.57 Å². The van der Waals surface area contributed by atoms with E-state index in [0.717, 1.165) is 47.0 Å². The van der Waals surface area contributed by atoms with Crippen molar-refractivity contribution in [3.05, 3.63) is 71.0 Å².